The number of alkyl halides is 9. The molecule has 0 aliphatic heterocycles. The first-order valence-corrected chi connectivity index (χ1v) is 17.6. The maximum Gasteiger partial charge on any atom is 0.460 e. The molecule has 0 atom stereocenters. The molecule has 54 heavy (non-hydrogen) atoms. The summed E-state index contributed by atoms with van der Waals surface area (Å²) in [6, 6.07) is 24.5. The van der Waals surface area contributed by atoms with Crippen molar-refractivity contribution >= 4 is 21.0 Å². The minimum Gasteiger partial charge on any atom is -0.743 e. The van der Waals surface area contributed by atoms with E-state index in [4.69, 9.17) is 28.4 Å². The maximum absolute atomic E-state index is 12.2. The predicted octanol–water partition coefficient (Wildman–Crippen LogP) is 8.36. The molecular formula is C34H33F9O9S2. The van der Waals surface area contributed by atoms with E-state index in [1.807, 2.05) is 36.4 Å². The Morgan fingerprint density at radius 3 is 1.02 bits per heavy atom. The van der Waals surface area contributed by atoms with Gasteiger partial charge in [-0.25, -0.2) is 8.42 Å². The van der Waals surface area contributed by atoms with Crippen molar-refractivity contribution in [2.24, 2.45) is 0 Å². The molecule has 0 heterocycles. The average molecular weight is 821 g/mol. The highest BCUT2D eigenvalue weighted by Gasteiger charge is 2.83. The molecule has 0 bridgehead atoms. The molecule has 3 rings (SSSR count). The van der Waals surface area contributed by atoms with Crippen LogP contribution in [0.1, 0.15) is 0 Å². The van der Waals surface area contributed by atoms with Gasteiger partial charge < -0.3 is 33.0 Å². The molecule has 3 aromatic carbocycles. The zero-order valence-corrected chi connectivity index (χ0v) is 29.5. The molecule has 3 aromatic rings. The lowest BCUT2D eigenvalue weighted by Crippen LogP contribution is -2.63. The van der Waals surface area contributed by atoms with Crippen molar-refractivity contribution in [2.75, 3.05) is 39.6 Å². The smallest absolute Gasteiger partial charge is 0.460 e. The second-order valence-corrected chi connectivity index (χ2v) is 13.4. The molecule has 0 amide bonds. The van der Waals surface area contributed by atoms with Crippen LogP contribution in [-0.2, 0) is 35.2 Å². The Kier molecular flexibility index (Phi) is 16.9. The highest BCUT2D eigenvalue weighted by molar-refractivity contribution is 7.97. The van der Waals surface area contributed by atoms with Gasteiger partial charge in [0.15, 0.2) is 24.8 Å². The highest BCUT2D eigenvalue weighted by atomic mass is 32.2. The van der Waals surface area contributed by atoms with Crippen LogP contribution in [0.3, 0.4) is 0 Å². The molecule has 298 valence electrons. The van der Waals surface area contributed by atoms with Crippen LogP contribution in [0.2, 0.25) is 0 Å². The Bertz CT molecular complexity index is 1580. The van der Waals surface area contributed by atoms with E-state index in [0.717, 1.165) is 31.9 Å². The van der Waals surface area contributed by atoms with Gasteiger partial charge in [-0.3, -0.25) is 0 Å². The number of ether oxygens (including phenoxy) is 6. The second kappa shape index (κ2) is 20.1. The summed E-state index contributed by atoms with van der Waals surface area (Å²) in [6.45, 7) is 13.3. The third-order valence-electron chi connectivity index (χ3n) is 6.37. The minimum atomic E-state index is -7.43. The van der Waals surface area contributed by atoms with E-state index in [1.165, 1.54) is 18.8 Å². The summed E-state index contributed by atoms with van der Waals surface area (Å²) in [5.41, 5.74) is 0. The van der Waals surface area contributed by atoms with Crippen LogP contribution in [0.25, 0.3) is 0 Å². The van der Waals surface area contributed by atoms with E-state index >= 15 is 0 Å². The van der Waals surface area contributed by atoms with Gasteiger partial charge in [-0.05, 0) is 72.8 Å². The quantitative estimate of drug-likeness (QED) is 0.0344. The summed E-state index contributed by atoms with van der Waals surface area (Å²) in [5, 5.41) is -7.11. The van der Waals surface area contributed by atoms with E-state index in [-0.39, 0.29) is 10.9 Å². The molecule has 0 spiro atoms. The summed E-state index contributed by atoms with van der Waals surface area (Å²) < 4.78 is 168. The van der Waals surface area contributed by atoms with E-state index in [1.54, 1.807) is 0 Å². The molecule has 0 aliphatic carbocycles. The van der Waals surface area contributed by atoms with Gasteiger partial charge in [0.1, 0.15) is 56.9 Å². The SMILES string of the molecule is C=COCCOc1ccc([S+](c2ccc(OCCOC=C)cc2)c2ccc(OCCOC=C)cc2)cc1.O=S(=O)([O-])C(F)(F)C(F)(F)C(F)(F)C(F)(F)F. The van der Waals surface area contributed by atoms with Gasteiger partial charge in [-0.2, -0.15) is 39.5 Å². The standard InChI is InChI=1S/C30H33O6S.C4HF9O3S/c1-4-31-19-22-34-25-7-13-28(14-8-25)37(29-15-9-26(10-16-29)35-23-20-32-5-2)30-17-11-27(12-18-30)36-24-21-33-6-3;5-1(6,3(9,10)11)2(7,8)4(12,13)17(14,15)16/h4-18H,1-3,19-24H2;(H,14,15,16)/q+1;/p-1. The van der Waals surface area contributed by atoms with Crippen LogP contribution in [0.15, 0.2) is 126 Å². The van der Waals surface area contributed by atoms with Gasteiger partial charge in [0.2, 0.25) is 0 Å². The first kappa shape index (κ1) is 45.5. The van der Waals surface area contributed by atoms with Crippen molar-refractivity contribution in [3.63, 3.8) is 0 Å². The first-order valence-electron chi connectivity index (χ1n) is 15.0. The average Bonchev–Trinajstić information content (AvgIpc) is 3.11. The Balaban J connectivity index is 0.000000500. The molecule has 0 radical (unpaired) electrons. The third-order valence-corrected chi connectivity index (χ3v) is 9.49. The first-order chi connectivity index (χ1) is 25.2. The molecule has 0 aliphatic rings. The molecule has 0 fully saturated rings. The molecule has 9 nitrogen and oxygen atoms in total. The summed E-state index contributed by atoms with van der Waals surface area (Å²) >= 11 is 0. The normalized spacial score (nSPS) is 12.1. The minimum absolute atomic E-state index is 0.346. The fraction of sp³-hybridized carbons (Fsp3) is 0.294. The third kappa shape index (κ3) is 12.2. The Morgan fingerprint density at radius 2 is 0.796 bits per heavy atom. The molecule has 0 saturated carbocycles. The topological polar surface area (TPSA) is 113 Å². The van der Waals surface area contributed by atoms with Crippen LogP contribution in [-0.4, -0.2) is 75.9 Å². The van der Waals surface area contributed by atoms with Crippen molar-refractivity contribution in [1.82, 2.24) is 0 Å². The fourth-order valence-corrected chi connectivity index (χ4v) is 6.30. The van der Waals surface area contributed by atoms with E-state index in [0.29, 0.717) is 39.6 Å². The second-order valence-electron chi connectivity index (χ2n) is 10.00. The Hall–Kier alpha value is -4.69. The number of hydrogen-bond acceptors (Lipinski definition) is 9. The molecule has 20 heteroatoms. The lowest BCUT2D eigenvalue weighted by molar-refractivity contribution is -0.382. The Morgan fingerprint density at radius 1 is 0.519 bits per heavy atom. The fourth-order valence-electron chi connectivity index (χ4n) is 3.81. The number of hydrogen-bond donors (Lipinski definition) is 0. The van der Waals surface area contributed by atoms with Crippen molar-refractivity contribution < 1.29 is 80.9 Å². The van der Waals surface area contributed by atoms with Gasteiger partial charge in [-0.15, -0.1) is 0 Å². The van der Waals surface area contributed by atoms with Gasteiger partial charge in [-0.1, -0.05) is 19.7 Å². The van der Waals surface area contributed by atoms with Gasteiger partial charge in [0.05, 0.1) is 29.7 Å². The van der Waals surface area contributed by atoms with Crippen LogP contribution in [0.5, 0.6) is 17.2 Å². The predicted molar refractivity (Wildman–Crippen MR) is 177 cm³/mol. The lowest BCUT2D eigenvalue weighted by Gasteiger charge is -2.34. The van der Waals surface area contributed by atoms with Crippen LogP contribution >= 0.6 is 0 Å². The van der Waals surface area contributed by atoms with E-state index < -0.39 is 33.4 Å². The van der Waals surface area contributed by atoms with E-state index in [9.17, 15) is 52.5 Å². The monoisotopic (exact) mass is 820 g/mol. The summed E-state index contributed by atoms with van der Waals surface area (Å²) in [4.78, 5) is 3.49. The van der Waals surface area contributed by atoms with Crippen molar-refractivity contribution in [3.8, 4) is 17.2 Å². The number of benzene rings is 3. The van der Waals surface area contributed by atoms with Crippen LogP contribution < -0.4 is 14.2 Å². The van der Waals surface area contributed by atoms with Crippen molar-refractivity contribution in [2.45, 2.75) is 38.0 Å². The molecule has 0 saturated heterocycles. The van der Waals surface area contributed by atoms with Crippen molar-refractivity contribution in [3.05, 3.63) is 111 Å². The Labute approximate surface area is 307 Å². The highest BCUT2D eigenvalue weighted by Crippen LogP contribution is 2.54. The summed E-state index contributed by atoms with van der Waals surface area (Å²) in [7, 11) is -7.76. The van der Waals surface area contributed by atoms with Gasteiger partial charge >= 0.3 is 23.3 Å². The van der Waals surface area contributed by atoms with E-state index in [2.05, 4.69) is 56.1 Å². The number of halogens is 9. The molecule has 0 N–H and O–H groups in total. The van der Waals surface area contributed by atoms with Gasteiger partial charge in [0, 0.05) is 0 Å². The maximum atomic E-state index is 12.2. The molecule has 0 aromatic heterocycles. The van der Waals surface area contributed by atoms with Crippen LogP contribution in [0, 0.1) is 0 Å². The zero-order chi connectivity index (χ0) is 40.6. The van der Waals surface area contributed by atoms with Crippen molar-refractivity contribution in [1.29, 1.82) is 0 Å². The molecule has 0 unspecified atom stereocenters. The summed E-state index contributed by atoms with van der Waals surface area (Å²) in [6.07, 6.45) is -2.93. The number of rotatable bonds is 21. The largest absolute Gasteiger partial charge is 0.743 e. The summed E-state index contributed by atoms with van der Waals surface area (Å²) in [5.74, 6) is -12.5. The molecular weight excluding hydrogens is 787 g/mol. The lowest BCUT2D eigenvalue weighted by atomic mass is 10.1. The van der Waals surface area contributed by atoms with Gasteiger partial charge in [0.25, 0.3) is 0 Å². The van der Waals surface area contributed by atoms with Crippen LogP contribution in [0.4, 0.5) is 39.5 Å². The zero-order valence-electron chi connectivity index (χ0n) is 27.9.